The fourth-order valence-corrected chi connectivity index (χ4v) is 4.72. The summed E-state index contributed by atoms with van der Waals surface area (Å²) >= 11 is 2.39. The third-order valence-electron chi connectivity index (χ3n) is 8.38. The van der Waals surface area contributed by atoms with Gasteiger partial charge < -0.3 is 15.4 Å². The number of aldehydes is 1. The number of fused-ring (bicyclic) bond motifs is 1. The van der Waals surface area contributed by atoms with E-state index in [0.717, 1.165) is 102 Å². The number of alkyl halides is 3. The first-order valence-corrected chi connectivity index (χ1v) is 51.6. The molecule has 1 unspecified atom stereocenters. The summed E-state index contributed by atoms with van der Waals surface area (Å²) in [5, 5.41) is 6.18. The number of anilines is 1. The maximum absolute atomic E-state index is 11.5. The zero-order valence-corrected chi connectivity index (χ0v) is 44.8. The Hall–Kier alpha value is -0.281. The molecule has 2 aliphatic rings. The Morgan fingerprint density at radius 2 is 1.56 bits per heavy atom. The van der Waals surface area contributed by atoms with Crippen LogP contribution in [0.4, 0.5) is 18.9 Å². The molecule has 0 bridgehead atoms. The van der Waals surface area contributed by atoms with Gasteiger partial charge in [-0.3, -0.25) is 4.79 Å². The first-order valence-electron chi connectivity index (χ1n) is 18.5. The molecule has 2 aliphatic carbocycles. The number of hydrogen-bond donors (Lipinski definition) is 2. The first-order chi connectivity index (χ1) is 24.4. The molecule has 0 heterocycles. The number of carbonyl (C=O) groups excluding carboxylic acids is 1. The van der Waals surface area contributed by atoms with Gasteiger partial charge >= 0.3 is 66.0 Å². The fourth-order valence-electron chi connectivity index (χ4n) is 4.72. The Bertz CT molecular complexity index is 1250. The molecule has 288 valence electrons. The minimum atomic E-state index is -4.00. The summed E-state index contributed by atoms with van der Waals surface area (Å²) < 4.78 is 39.1. The van der Waals surface area contributed by atoms with Crippen molar-refractivity contribution in [1.82, 2.24) is 5.32 Å². The Labute approximate surface area is 359 Å². The topological polar surface area (TPSA) is 50.4 Å². The van der Waals surface area contributed by atoms with Gasteiger partial charge in [-0.15, -0.1) is 6.58 Å². The van der Waals surface area contributed by atoms with Crippen LogP contribution in [0.15, 0.2) is 80.2 Å². The van der Waals surface area contributed by atoms with Crippen LogP contribution in [0.3, 0.4) is 0 Å². The van der Waals surface area contributed by atoms with Gasteiger partial charge in [0, 0.05) is 34.7 Å². The standard InChI is InChI=1S/C20H27NO2.C9H12.C5H10.C4H7F3.C3H6.C2H7N.Ba.Ra/c1-6-11-19(4,5)15(3)21-17-8-9-18-16(13-17)10-12-20(18,14-22)23-7-2;1-3-9-6-4-8(2)5-7-9;1-5-3-2-4-5;1-3(2)4(5,6)7;2*1-3-2;;/h7-9,13-14,21H,2-3,6,10-12H2,1,4-5H3;4-7H,3H2,1-2H3;5H,2-4H2,1H3;3H,1-2H3;3H,1H2,2H3;3H,1-2H3;;. The predicted octanol–water partition coefficient (Wildman–Crippen LogP) is 12.2. The molecular formula is C43H69BaF3N2O2Ra. The Balaban J connectivity index is -0.000000675. The van der Waals surface area contributed by atoms with Crippen molar-refractivity contribution in [2.75, 3.05) is 19.4 Å². The summed E-state index contributed by atoms with van der Waals surface area (Å²) in [4.78, 5) is 11.5. The SMILES string of the molecule is C=CC.C=COC1(C=O)CCc2cc(NC(=C)C(C)(C)CCC)ccc21.CC(C)C(F)(F)F.CC1CCC1.CCc1ccc(C)cc1.CNC.[Ba][Ra]. The molecule has 0 saturated heterocycles. The van der Waals surface area contributed by atoms with Crippen LogP contribution in [0.25, 0.3) is 0 Å². The van der Waals surface area contributed by atoms with Crippen LogP contribution in [-0.2, 0) is 28.0 Å². The molecule has 2 radical (unpaired) electrons. The summed E-state index contributed by atoms with van der Waals surface area (Å²) in [7, 11) is 3.75. The first kappa shape index (κ1) is 56.1. The number of hydrogen-bond acceptors (Lipinski definition) is 4. The van der Waals surface area contributed by atoms with Gasteiger partial charge in [0.15, 0.2) is 11.9 Å². The van der Waals surface area contributed by atoms with Gasteiger partial charge in [0.1, 0.15) is 0 Å². The molecule has 1 atom stereocenters. The molecule has 52 heavy (non-hydrogen) atoms. The Morgan fingerprint density at radius 3 is 1.90 bits per heavy atom. The molecule has 1 saturated carbocycles. The van der Waals surface area contributed by atoms with Crippen LogP contribution in [0, 0.1) is 51.8 Å². The Kier molecular flexibility index (Phi) is 34.4. The van der Waals surface area contributed by atoms with E-state index >= 15 is 0 Å². The van der Waals surface area contributed by atoms with Crippen LogP contribution in [0.2, 0.25) is 0 Å². The van der Waals surface area contributed by atoms with E-state index in [4.69, 9.17) is 4.74 Å². The van der Waals surface area contributed by atoms with Gasteiger partial charge in [-0.25, -0.2) is 0 Å². The second-order valence-electron chi connectivity index (χ2n) is 13.9. The van der Waals surface area contributed by atoms with Crippen molar-refractivity contribution in [3.8, 4) is 0 Å². The fraction of sp³-hybridized carbons (Fsp3) is 0.558. The van der Waals surface area contributed by atoms with E-state index in [2.05, 4.69) is 102 Å². The van der Waals surface area contributed by atoms with E-state index in [9.17, 15) is 18.0 Å². The number of carbonyl (C=O) groups is 1. The minimum absolute atomic E-state index is 0.0479. The zero-order valence-electron chi connectivity index (χ0n) is 34.6. The van der Waals surface area contributed by atoms with Gasteiger partial charge in [-0.05, 0) is 76.4 Å². The molecule has 4 rings (SSSR count). The molecular weight excluding hydrogens is 997 g/mol. The molecule has 2 aromatic rings. The maximum atomic E-state index is 11.5. The second kappa shape index (κ2) is 31.9. The van der Waals surface area contributed by atoms with Crippen molar-refractivity contribution in [3.63, 3.8) is 0 Å². The third kappa shape index (κ3) is 24.3. The molecule has 9 heteroatoms. The average molecular weight is 1070 g/mol. The number of halogens is 3. The predicted molar refractivity (Wildman–Crippen MR) is 216 cm³/mol. The van der Waals surface area contributed by atoms with Crippen molar-refractivity contribution in [1.29, 1.82) is 0 Å². The van der Waals surface area contributed by atoms with Gasteiger partial charge in [-0.2, -0.15) is 13.2 Å². The van der Waals surface area contributed by atoms with Crippen molar-refractivity contribution in [2.45, 2.75) is 125 Å². The van der Waals surface area contributed by atoms with Crippen LogP contribution in [0.1, 0.15) is 116 Å². The van der Waals surface area contributed by atoms with Crippen LogP contribution in [0.5, 0.6) is 0 Å². The van der Waals surface area contributed by atoms with Crippen molar-refractivity contribution < 1.29 is 50.3 Å². The van der Waals surface area contributed by atoms with Gasteiger partial charge in [0.25, 0.3) is 0 Å². The van der Waals surface area contributed by atoms with Crippen molar-refractivity contribution >= 4 is 44.2 Å². The third-order valence-corrected chi connectivity index (χ3v) is 8.38. The van der Waals surface area contributed by atoms with E-state index in [1.165, 1.54) is 68.9 Å². The molecule has 0 aromatic heterocycles. The summed E-state index contributed by atoms with van der Waals surface area (Å²) in [5.74, 6) is -0.137. The quantitative estimate of drug-likeness (QED) is 0.114. The average Bonchev–Trinajstić information content (AvgIpc) is 3.44. The zero-order chi connectivity index (χ0) is 41.0. The number of ether oxygens (including phenoxy) is 1. The van der Waals surface area contributed by atoms with Crippen LogP contribution in [-0.4, -0.2) is 58.8 Å². The van der Waals surface area contributed by atoms with E-state index in [1.54, 1.807) is 6.08 Å². The molecule has 0 aliphatic heterocycles. The van der Waals surface area contributed by atoms with E-state index in [-0.39, 0.29) is 5.41 Å². The molecule has 2 N–H and O–H groups in total. The molecule has 2 aromatic carbocycles. The second-order valence-corrected chi connectivity index (χ2v) is 13.9. The Morgan fingerprint density at radius 1 is 1.08 bits per heavy atom. The summed E-state index contributed by atoms with van der Waals surface area (Å²) in [6.45, 7) is 28.5. The van der Waals surface area contributed by atoms with E-state index < -0.39 is 17.7 Å². The number of nitrogens with one attached hydrogen (secondary N) is 2. The molecule has 1 fully saturated rings. The van der Waals surface area contributed by atoms with Crippen molar-refractivity contribution in [3.05, 3.63) is 102 Å². The number of aryl methyl sites for hydroxylation is 3. The van der Waals surface area contributed by atoms with Crippen LogP contribution >= 0.6 is 0 Å². The number of rotatable bonds is 9. The van der Waals surface area contributed by atoms with Gasteiger partial charge in [-0.1, -0.05) is 129 Å². The molecule has 0 amide bonds. The van der Waals surface area contributed by atoms with Gasteiger partial charge in [0.05, 0.1) is 6.26 Å². The van der Waals surface area contributed by atoms with Crippen molar-refractivity contribution in [2.24, 2.45) is 17.3 Å². The number of benzene rings is 2. The molecule has 4 nitrogen and oxygen atoms in total. The summed E-state index contributed by atoms with van der Waals surface area (Å²) in [5.41, 5.74) is 6.05. The monoisotopic (exact) mass is 1070 g/mol. The molecule has 0 spiro atoms. The van der Waals surface area contributed by atoms with Gasteiger partial charge in [0.2, 0.25) is 0 Å². The van der Waals surface area contributed by atoms with E-state index in [0.29, 0.717) is 6.42 Å². The van der Waals surface area contributed by atoms with Crippen LogP contribution < -0.4 is 10.6 Å². The number of allylic oxidation sites excluding steroid dienone is 2. The van der Waals surface area contributed by atoms with E-state index in [1.807, 2.05) is 33.2 Å². The normalized spacial score (nSPS) is 15.2. The summed E-state index contributed by atoms with van der Waals surface area (Å²) in [6, 6.07) is 14.7. The summed E-state index contributed by atoms with van der Waals surface area (Å²) in [6.07, 6.45) is 9.28.